The number of aliphatic hydroxyl groups excluding tert-OH is 1. The third kappa shape index (κ3) is 3.53. The van der Waals surface area contributed by atoms with E-state index in [0.717, 1.165) is 45.6 Å². The summed E-state index contributed by atoms with van der Waals surface area (Å²) in [6, 6.07) is 10.6. The number of anilines is 1. The lowest BCUT2D eigenvalue weighted by Crippen LogP contribution is -2.50. The van der Waals surface area contributed by atoms with Crippen LogP contribution in [0.15, 0.2) is 30.3 Å². The van der Waals surface area contributed by atoms with Gasteiger partial charge in [-0.25, -0.2) is 0 Å². The van der Waals surface area contributed by atoms with Crippen molar-refractivity contribution in [2.45, 2.75) is 26.7 Å². The van der Waals surface area contributed by atoms with Gasteiger partial charge in [0.2, 0.25) is 0 Å². The van der Waals surface area contributed by atoms with Gasteiger partial charge in [0.15, 0.2) is 0 Å². The van der Waals surface area contributed by atoms with E-state index in [-0.39, 0.29) is 5.41 Å². The molecule has 0 spiro atoms. The predicted molar refractivity (Wildman–Crippen MR) is 85.2 cm³/mol. The second-order valence-corrected chi connectivity index (χ2v) is 5.96. The Kier molecular flexibility index (Phi) is 5.44. The molecule has 20 heavy (non-hydrogen) atoms. The van der Waals surface area contributed by atoms with Gasteiger partial charge in [0, 0.05) is 50.4 Å². The molecule has 1 aliphatic rings. The fourth-order valence-electron chi connectivity index (χ4n) is 3.02. The van der Waals surface area contributed by atoms with Crippen molar-refractivity contribution in [3.05, 3.63) is 30.3 Å². The minimum absolute atomic E-state index is 0.0922. The standard InChI is InChI=1S/C17H28N2O/c1-3-17(4-2,15-20)14-18-10-12-19(13-11-18)16-8-6-5-7-9-16/h5-9,20H,3-4,10-15H2,1-2H3. The SMILES string of the molecule is CCC(CC)(CO)CN1CCN(c2ccccc2)CC1. The van der Waals surface area contributed by atoms with Gasteiger partial charge in [0.1, 0.15) is 0 Å². The first kappa shape index (κ1) is 15.3. The summed E-state index contributed by atoms with van der Waals surface area (Å²) in [6.45, 7) is 10.1. The first-order valence-electron chi connectivity index (χ1n) is 7.86. The molecular formula is C17H28N2O. The zero-order chi connectivity index (χ0) is 14.4. The summed E-state index contributed by atoms with van der Waals surface area (Å²) >= 11 is 0. The van der Waals surface area contributed by atoms with Gasteiger partial charge in [0.25, 0.3) is 0 Å². The van der Waals surface area contributed by atoms with Crippen LogP contribution in [0.4, 0.5) is 5.69 Å². The molecule has 2 rings (SSSR count). The second-order valence-electron chi connectivity index (χ2n) is 5.96. The fraction of sp³-hybridized carbons (Fsp3) is 0.647. The van der Waals surface area contributed by atoms with Gasteiger partial charge in [-0.1, -0.05) is 32.0 Å². The third-order valence-electron chi connectivity index (χ3n) is 4.89. The molecule has 1 aromatic carbocycles. The van der Waals surface area contributed by atoms with Crippen LogP contribution in [-0.4, -0.2) is 49.3 Å². The van der Waals surface area contributed by atoms with E-state index in [2.05, 4.69) is 54.0 Å². The molecular weight excluding hydrogens is 248 g/mol. The van der Waals surface area contributed by atoms with Crippen LogP contribution >= 0.6 is 0 Å². The van der Waals surface area contributed by atoms with Gasteiger partial charge in [-0.2, -0.15) is 0 Å². The molecule has 0 radical (unpaired) electrons. The monoisotopic (exact) mass is 276 g/mol. The van der Waals surface area contributed by atoms with Gasteiger partial charge < -0.3 is 10.0 Å². The molecule has 0 amide bonds. The highest BCUT2D eigenvalue weighted by Crippen LogP contribution is 2.27. The van der Waals surface area contributed by atoms with E-state index >= 15 is 0 Å². The Morgan fingerprint density at radius 1 is 1.00 bits per heavy atom. The molecule has 0 bridgehead atoms. The van der Waals surface area contributed by atoms with Gasteiger partial charge in [-0.15, -0.1) is 0 Å². The summed E-state index contributed by atoms with van der Waals surface area (Å²) in [6.07, 6.45) is 2.11. The Morgan fingerprint density at radius 2 is 1.60 bits per heavy atom. The van der Waals surface area contributed by atoms with Crippen molar-refractivity contribution in [1.82, 2.24) is 4.90 Å². The lowest BCUT2D eigenvalue weighted by Gasteiger charge is -2.41. The first-order valence-corrected chi connectivity index (χ1v) is 7.86. The van der Waals surface area contributed by atoms with Gasteiger partial charge >= 0.3 is 0 Å². The zero-order valence-corrected chi connectivity index (χ0v) is 12.9. The van der Waals surface area contributed by atoms with Crippen LogP contribution < -0.4 is 4.90 Å². The van der Waals surface area contributed by atoms with Crippen molar-refractivity contribution < 1.29 is 5.11 Å². The van der Waals surface area contributed by atoms with E-state index in [4.69, 9.17) is 0 Å². The van der Waals surface area contributed by atoms with Crippen molar-refractivity contribution in [2.75, 3.05) is 44.2 Å². The number of hydrogen-bond acceptors (Lipinski definition) is 3. The zero-order valence-electron chi connectivity index (χ0n) is 12.9. The highest BCUT2D eigenvalue weighted by atomic mass is 16.3. The van der Waals surface area contributed by atoms with Crippen LogP contribution in [0.5, 0.6) is 0 Å². The number of piperazine rings is 1. The van der Waals surface area contributed by atoms with Crippen LogP contribution in [0.1, 0.15) is 26.7 Å². The summed E-state index contributed by atoms with van der Waals surface area (Å²) < 4.78 is 0. The summed E-state index contributed by atoms with van der Waals surface area (Å²) in [5, 5.41) is 9.70. The largest absolute Gasteiger partial charge is 0.396 e. The molecule has 0 unspecified atom stereocenters. The highest BCUT2D eigenvalue weighted by Gasteiger charge is 2.29. The molecule has 112 valence electrons. The lowest BCUT2D eigenvalue weighted by atomic mass is 9.82. The summed E-state index contributed by atoms with van der Waals surface area (Å²) in [5.74, 6) is 0. The lowest BCUT2D eigenvalue weighted by molar-refractivity contribution is 0.0634. The Balaban J connectivity index is 1.88. The molecule has 1 saturated heterocycles. The molecule has 1 aliphatic heterocycles. The number of aliphatic hydroxyl groups is 1. The van der Waals surface area contributed by atoms with Crippen LogP contribution in [0.25, 0.3) is 0 Å². The highest BCUT2D eigenvalue weighted by molar-refractivity contribution is 5.46. The minimum atomic E-state index is 0.0922. The molecule has 0 aromatic heterocycles. The third-order valence-corrected chi connectivity index (χ3v) is 4.89. The van der Waals surface area contributed by atoms with E-state index in [1.807, 2.05) is 0 Å². The Morgan fingerprint density at radius 3 is 2.10 bits per heavy atom. The maximum Gasteiger partial charge on any atom is 0.0499 e. The molecule has 1 fully saturated rings. The van der Waals surface area contributed by atoms with E-state index in [9.17, 15) is 5.11 Å². The van der Waals surface area contributed by atoms with Crippen LogP contribution in [0.2, 0.25) is 0 Å². The predicted octanol–water partition coefficient (Wildman–Crippen LogP) is 2.61. The van der Waals surface area contributed by atoms with Crippen LogP contribution in [0, 0.1) is 5.41 Å². The average molecular weight is 276 g/mol. The fourth-order valence-corrected chi connectivity index (χ4v) is 3.02. The molecule has 0 aliphatic carbocycles. The number of rotatable bonds is 6. The first-order chi connectivity index (χ1) is 9.73. The molecule has 3 heteroatoms. The second kappa shape index (κ2) is 7.09. The van der Waals surface area contributed by atoms with E-state index in [1.54, 1.807) is 0 Å². The average Bonchev–Trinajstić information content (AvgIpc) is 2.54. The molecule has 1 aromatic rings. The van der Waals surface area contributed by atoms with Gasteiger partial charge in [-0.05, 0) is 25.0 Å². The Labute approximate surface area is 123 Å². The van der Waals surface area contributed by atoms with E-state index in [1.165, 1.54) is 5.69 Å². The smallest absolute Gasteiger partial charge is 0.0499 e. The summed E-state index contributed by atoms with van der Waals surface area (Å²) in [4.78, 5) is 4.97. The Bertz CT molecular complexity index is 373. The van der Waals surface area contributed by atoms with Gasteiger partial charge in [0.05, 0.1) is 0 Å². The van der Waals surface area contributed by atoms with Crippen molar-refractivity contribution in [2.24, 2.45) is 5.41 Å². The molecule has 1 heterocycles. The number of benzene rings is 1. The quantitative estimate of drug-likeness (QED) is 0.865. The van der Waals surface area contributed by atoms with E-state index < -0.39 is 0 Å². The van der Waals surface area contributed by atoms with Crippen molar-refractivity contribution in [1.29, 1.82) is 0 Å². The van der Waals surface area contributed by atoms with Crippen LogP contribution in [-0.2, 0) is 0 Å². The normalized spacial score (nSPS) is 17.4. The summed E-state index contributed by atoms with van der Waals surface area (Å²) in [5.41, 5.74) is 1.42. The molecule has 0 saturated carbocycles. The van der Waals surface area contributed by atoms with E-state index in [0.29, 0.717) is 6.61 Å². The maximum absolute atomic E-state index is 9.70. The number of hydrogen-bond donors (Lipinski definition) is 1. The Hall–Kier alpha value is -1.06. The van der Waals surface area contributed by atoms with Crippen molar-refractivity contribution >= 4 is 5.69 Å². The van der Waals surface area contributed by atoms with Crippen molar-refractivity contribution in [3.63, 3.8) is 0 Å². The number of para-hydroxylation sites is 1. The maximum atomic E-state index is 9.70. The van der Waals surface area contributed by atoms with Gasteiger partial charge in [-0.3, -0.25) is 4.90 Å². The molecule has 1 N–H and O–H groups in total. The van der Waals surface area contributed by atoms with Crippen LogP contribution in [0.3, 0.4) is 0 Å². The number of nitrogens with zero attached hydrogens (tertiary/aromatic N) is 2. The topological polar surface area (TPSA) is 26.7 Å². The molecule has 3 nitrogen and oxygen atoms in total. The molecule has 0 atom stereocenters. The summed E-state index contributed by atoms with van der Waals surface area (Å²) in [7, 11) is 0. The van der Waals surface area contributed by atoms with Crippen molar-refractivity contribution in [3.8, 4) is 0 Å². The minimum Gasteiger partial charge on any atom is -0.396 e.